The minimum absolute atomic E-state index is 0.977. The molecule has 0 aliphatic heterocycles. The van der Waals surface area contributed by atoms with Gasteiger partial charge in [-0.2, -0.15) is 0 Å². The summed E-state index contributed by atoms with van der Waals surface area (Å²) in [4.78, 5) is 0. The van der Waals surface area contributed by atoms with Crippen molar-refractivity contribution in [2.75, 3.05) is 7.11 Å². The van der Waals surface area contributed by atoms with E-state index < -0.39 is 0 Å². The van der Waals surface area contributed by atoms with E-state index >= 15 is 0 Å². The van der Waals surface area contributed by atoms with E-state index in [4.69, 9.17) is 4.74 Å². The molecular weight excluding hydrogens is 100 g/mol. The molecular formula is C7H13O+. The highest BCUT2D eigenvalue weighted by molar-refractivity contribution is 5.10. The number of methoxy groups -OCH3 is 1. The van der Waals surface area contributed by atoms with Crippen LogP contribution >= 0.6 is 0 Å². The molecule has 0 saturated carbocycles. The van der Waals surface area contributed by atoms with Crippen molar-refractivity contribution in [3.63, 3.8) is 0 Å². The first-order valence-electron chi connectivity index (χ1n) is 2.73. The standard InChI is InChI=1S/C7H13O/c1-5-7(8-4)6(2)3/h5H,1-4H3/q+1. The highest BCUT2D eigenvalue weighted by atomic mass is 16.5. The maximum Gasteiger partial charge on any atom is 0.277 e. The lowest BCUT2D eigenvalue weighted by molar-refractivity contribution is 0.294. The van der Waals surface area contributed by atoms with Crippen molar-refractivity contribution in [2.24, 2.45) is 0 Å². The molecule has 0 aromatic heterocycles. The van der Waals surface area contributed by atoms with Gasteiger partial charge in [0, 0.05) is 20.8 Å². The Morgan fingerprint density at radius 3 is 1.88 bits per heavy atom. The predicted octanol–water partition coefficient (Wildman–Crippen LogP) is 2.15. The normalized spacial score (nSPS) is 8.00. The maximum absolute atomic E-state index is 4.98. The van der Waals surface area contributed by atoms with Crippen LogP contribution in [0.4, 0.5) is 0 Å². The first-order valence-corrected chi connectivity index (χ1v) is 2.73. The van der Waals surface area contributed by atoms with Gasteiger partial charge in [0.05, 0.1) is 19.1 Å². The Kier molecular flexibility index (Phi) is 3.16. The van der Waals surface area contributed by atoms with Crippen molar-refractivity contribution in [3.8, 4) is 0 Å². The van der Waals surface area contributed by atoms with Crippen molar-refractivity contribution in [1.82, 2.24) is 0 Å². The van der Waals surface area contributed by atoms with Gasteiger partial charge in [-0.15, -0.1) is 0 Å². The van der Waals surface area contributed by atoms with Gasteiger partial charge in [0.2, 0.25) is 0 Å². The van der Waals surface area contributed by atoms with Crippen molar-refractivity contribution in [2.45, 2.75) is 20.8 Å². The molecule has 0 aliphatic carbocycles. The summed E-state index contributed by atoms with van der Waals surface area (Å²) in [5.74, 6) is 0.977. The Balaban J connectivity index is 3.86. The Labute approximate surface area is 51.4 Å². The van der Waals surface area contributed by atoms with Gasteiger partial charge < -0.3 is 4.74 Å². The third-order valence-electron chi connectivity index (χ3n) is 0.975. The maximum atomic E-state index is 4.98. The summed E-state index contributed by atoms with van der Waals surface area (Å²) in [5.41, 5.74) is 1.22. The van der Waals surface area contributed by atoms with Crippen LogP contribution in [0.15, 0.2) is 11.3 Å². The number of hydrogen-bond acceptors (Lipinski definition) is 1. The van der Waals surface area contributed by atoms with Crippen LogP contribution in [0.3, 0.4) is 0 Å². The molecule has 8 heavy (non-hydrogen) atoms. The second kappa shape index (κ2) is 3.42. The van der Waals surface area contributed by atoms with Crippen LogP contribution in [0, 0.1) is 6.42 Å². The molecule has 0 fully saturated rings. The zero-order chi connectivity index (χ0) is 6.57. The average Bonchev–Trinajstić information content (AvgIpc) is 1.69. The molecule has 0 bridgehead atoms. The monoisotopic (exact) mass is 113 g/mol. The minimum Gasteiger partial charge on any atom is -0.465 e. The van der Waals surface area contributed by atoms with Crippen LogP contribution in [-0.4, -0.2) is 7.11 Å². The second-order valence-corrected chi connectivity index (χ2v) is 1.86. The summed E-state index contributed by atoms with van der Waals surface area (Å²) in [7, 11) is 1.68. The third kappa shape index (κ3) is 1.92. The molecule has 0 heterocycles. The van der Waals surface area contributed by atoms with Crippen LogP contribution in [0.2, 0.25) is 0 Å². The Hall–Kier alpha value is -0.590. The summed E-state index contributed by atoms with van der Waals surface area (Å²) >= 11 is 0. The zero-order valence-electron chi connectivity index (χ0n) is 5.99. The molecule has 0 unspecified atom stereocenters. The van der Waals surface area contributed by atoms with E-state index in [0.717, 1.165) is 5.76 Å². The predicted molar refractivity (Wildman–Crippen MR) is 35.4 cm³/mol. The van der Waals surface area contributed by atoms with E-state index in [9.17, 15) is 0 Å². The van der Waals surface area contributed by atoms with Crippen molar-refractivity contribution >= 4 is 0 Å². The number of ether oxygens (including phenoxy) is 1. The first-order chi connectivity index (χ1) is 3.72. The average molecular weight is 113 g/mol. The molecule has 0 spiro atoms. The largest absolute Gasteiger partial charge is 0.465 e. The Morgan fingerprint density at radius 2 is 1.88 bits per heavy atom. The molecule has 0 saturated heterocycles. The SMILES string of the molecule is C[CH+]C(OC)=C(C)C. The van der Waals surface area contributed by atoms with Crippen LogP contribution in [0.25, 0.3) is 0 Å². The van der Waals surface area contributed by atoms with E-state index in [1.807, 2.05) is 27.2 Å². The number of allylic oxidation sites excluding steroid dienone is 2. The fourth-order valence-electron chi connectivity index (χ4n) is 0.611. The molecule has 0 radical (unpaired) electrons. The summed E-state index contributed by atoms with van der Waals surface area (Å²) in [5, 5.41) is 0. The van der Waals surface area contributed by atoms with Crippen LogP contribution in [-0.2, 0) is 4.74 Å². The third-order valence-corrected chi connectivity index (χ3v) is 0.975. The van der Waals surface area contributed by atoms with E-state index in [0.29, 0.717) is 0 Å². The summed E-state index contributed by atoms with van der Waals surface area (Å²) in [6.07, 6.45) is 1.95. The van der Waals surface area contributed by atoms with Crippen LogP contribution in [0.5, 0.6) is 0 Å². The van der Waals surface area contributed by atoms with Crippen molar-refractivity contribution in [1.29, 1.82) is 0 Å². The Morgan fingerprint density at radius 1 is 1.38 bits per heavy atom. The number of hydrogen-bond donors (Lipinski definition) is 0. The van der Waals surface area contributed by atoms with Gasteiger partial charge in [-0.3, -0.25) is 0 Å². The van der Waals surface area contributed by atoms with Gasteiger partial charge in [-0.25, -0.2) is 0 Å². The molecule has 1 heteroatoms. The van der Waals surface area contributed by atoms with Gasteiger partial charge >= 0.3 is 0 Å². The van der Waals surface area contributed by atoms with Crippen LogP contribution in [0.1, 0.15) is 20.8 Å². The Bertz CT molecular complexity index is 82.6. The topological polar surface area (TPSA) is 9.23 Å². The molecule has 0 rings (SSSR count). The minimum atomic E-state index is 0.977. The van der Waals surface area contributed by atoms with Gasteiger partial charge in [-0.1, -0.05) is 0 Å². The first kappa shape index (κ1) is 7.41. The molecule has 0 aliphatic rings. The summed E-state index contributed by atoms with van der Waals surface area (Å²) < 4.78 is 4.98. The molecule has 46 valence electrons. The molecule has 0 aromatic carbocycles. The molecule has 1 nitrogen and oxygen atoms in total. The molecule has 0 atom stereocenters. The smallest absolute Gasteiger partial charge is 0.277 e. The molecule has 0 amide bonds. The summed E-state index contributed by atoms with van der Waals surface area (Å²) in [6.45, 7) is 6.02. The van der Waals surface area contributed by atoms with E-state index in [2.05, 4.69) is 0 Å². The van der Waals surface area contributed by atoms with Gasteiger partial charge in [0.25, 0.3) is 5.76 Å². The lowest BCUT2D eigenvalue weighted by Gasteiger charge is -1.93. The number of rotatable bonds is 2. The van der Waals surface area contributed by atoms with E-state index in [1.54, 1.807) is 7.11 Å². The van der Waals surface area contributed by atoms with Crippen molar-refractivity contribution in [3.05, 3.63) is 17.8 Å². The van der Waals surface area contributed by atoms with Gasteiger partial charge in [-0.05, 0) is 0 Å². The summed E-state index contributed by atoms with van der Waals surface area (Å²) in [6, 6.07) is 0. The van der Waals surface area contributed by atoms with E-state index in [1.165, 1.54) is 5.57 Å². The second-order valence-electron chi connectivity index (χ2n) is 1.86. The quantitative estimate of drug-likeness (QED) is 0.394. The lowest BCUT2D eigenvalue weighted by Crippen LogP contribution is -1.86. The van der Waals surface area contributed by atoms with E-state index in [-0.39, 0.29) is 0 Å². The van der Waals surface area contributed by atoms with Crippen LogP contribution < -0.4 is 0 Å². The van der Waals surface area contributed by atoms with Gasteiger partial charge in [0.15, 0.2) is 0 Å². The fourth-order valence-corrected chi connectivity index (χ4v) is 0.611. The molecule has 0 aromatic rings. The lowest BCUT2D eigenvalue weighted by atomic mass is 10.2. The fraction of sp³-hybridized carbons (Fsp3) is 0.571. The molecule has 0 N–H and O–H groups in total. The zero-order valence-corrected chi connectivity index (χ0v) is 5.99. The van der Waals surface area contributed by atoms with Crippen molar-refractivity contribution < 1.29 is 4.74 Å². The van der Waals surface area contributed by atoms with Gasteiger partial charge in [0.1, 0.15) is 0 Å². The highest BCUT2D eigenvalue weighted by Crippen LogP contribution is 2.05. The highest BCUT2D eigenvalue weighted by Gasteiger charge is 2.02.